The molecule has 0 bridgehead atoms. The van der Waals surface area contributed by atoms with E-state index < -0.39 is 5.69 Å². The molecule has 1 saturated carbocycles. The maximum atomic E-state index is 12.3. The van der Waals surface area contributed by atoms with Gasteiger partial charge >= 0.3 is 11.4 Å². The Balaban J connectivity index is 2.29. The Morgan fingerprint density at radius 2 is 1.80 bits per heavy atom. The van der Waals surface area contributed by atoms with Crippen LogP contribution in [0.3, 0.4) is 0 Å². The molecular weight excluding hydrogens is 256 g/mol. The van der Waals surface area contributed by atoms with Crippen molar-refractivity contribution < 1.29 is 0 Å². The van der Waals surface area contributed by atoms with Gasteiger partial charge in [-0.3, -0.25) is 4.57 Å². The Morgan fingerprint density at radius 1 is 1.20 bits per heavy atom. The summed E-state index contributed by atoms with van der Waals surface area (Å²) in [7, 11) is 3.29. The molecule has 1 fully saturated rings. The number of rotatable bonds is 3. The van der Waals surface area contributed by atoms with Crippen molar-refractivity contribution in [2.45, 2.75) is 45.6 Å². The summed E-state index contributed by atoms with van der Waals surface area (Å²) in [6.45, 7) is 4.47. The third-order valence-corrected chi connectivity index (χ3v) is 4.49. The van der Waals surface area contributed by atoms with Crippen LogP contribution < -0.4 is 16.7 Å². The van der Waals surface area contributed by atoms with E-state index in [1.807, 2.05) is 0 Å². The second kappa shape index (κ2) is 5.81. The molecule has 112 valence electrons. The van der Waals surface area contributed by atoms with E-state index >= 15 is 0 Å². The average Bonchev–Trinajstić information content (AvgIpc) is 2.43. The molecule has 6 heteroatoms. The first-order valence-electron chi connectivity index (χ1n) is 7.33. The van der Waals surface area contributed by atoms with Gasteiger partial charge in [0, 0.05) is 20.1 Å². The van der Waals surface area contributed by atoms with Gasteiger partial charge in [-0.2, -0.15) is 4.98 Å². The molecule has 1 N–H and O–H groups in total. The zero-order valence-corrected chi connectivity index (χ0v) is 12.7. The molecule has 6 nitrogen and oxygen atoms in total. The molecule has 1 aromatic heterocycles. The molecule has 0 amide bonds. The Labute approximate surface area is 118 Å². The fourth-order valence-corrected chi connectivity index (χ4v) is 3.12. The number of hydrogen-bond donors (Lipinski definition) is 1. The van der Waals surface area contributed by atoms with Crippen LogP contribution in [0.25, 0.3) is 0 Å². The van der Waals surface area contributed by atoms with Gasteiger partial charge in [0.25, 0.3) is 0 Å². The van der Waals surface area contributed by atoms with Gasteiger partial charge in [-0.15, -0.1) is 0 Å². The topological polar surface area (TPSA) is 68.9 Å². The molecule has 1 aliphatic rings. The minimum atomic E-state index is -0.439. The van der Waals surface area contributed by atoms with Gasteiger partial charge in [-0.05, 0) is 37.5 Å². The van der Waals surface area contributed by atoms with Gasteiger partial charge in [0.1, 0.15) is 0 Å². The normalized spacial score (nSPS) is 23.1. The minimum Gasteiger partial charge on any atom is -0.358 e. The minimum absolute atomic E-state index is 0.00499. The predicted molar refractivity (Wildman–Crippen MR) is 79.1 cm³/mol. The van der Waals surface area contributed by atoms with Crippen LogP contribution in [0.5, 0.6) is 0 Å². The summed E-state index contributed by atoms with van der Waals surface area (Å²) in [6.07, 6.45) is 3.93. The number of anilines is 1. The third kappa shape index (κ3) is 2.64. The largest absolute Gasteiger partial charge is 0.358 e. The molecule has 0 aromatic carbocycles. The second-order valence-corrected chi connectivity index (χ2v) is 5.99. The summed E-state index contributed by atoms with van der Waals surface area (Å²) in [5, 5.41) is 2.77. The summed E-state index contributed by atoms with van der Waals surface area (Å²) >= 11 is 0. The van der Waals surface area contributed by atoms with Crippen LogP contribution in [0.2, 0.25) is 0 Å². The molecule has 0 spiro atoms. The fourth-order valence-electron chi connectivity index (χ4n) is 3.12. The Morgan fingerprint density at radius 3 is 2.30 bits per heavy atom. The van der Waals surface area contributed by atoms with Crippen molar-refractivity contribution in [3.63, 3.8) is 0 Å². The number of nitrogens with one attached hydrogen (secondary N) is 1. The van der Waals surface area contributed by atoms with Crippen molar-refractivity contribution >= 4 is 5.95 Å². The van der Waals surface area contributed by atoms with Crippen molar-refractivity contribution in [1.29, 1.82) is 0 Å². The van der Waals surface area contributed by atoms with Crippen LogP contribution in [0.1, 0.15) is 45.6 Å². The lowest BCUT2D eigenvalue weighted by Gasteiger charge is -2.31. The lowest BCUT2D eigenvalue weighted by Crippen LogP contribution is -2.44. The summed E-state index contributed by atoms with van der Waals surface area (Å²) < 4.78 is 2.73. The number of nitrogens with zero attached hydrogens (tertiary/aromatic N) is 3. The summed E-state index contributed by atoms with van der Waals surface area (Å²) in [5.41, 5.74) is -0.715. The molecule has 20 heavy (non-hydrogen) atoms. The van der Waals surface area contributed by atoms with E-state index in [1.165, 1.54) is 9.13 Å². The third-order valence-electron chi connectivity index (χ3n) is 4.49. The van der Waals surface area contributed by atoms with E-state index in [9.17, 15) is 9.59 Å². The SMILES string of the molecule is CNc1nc(=O)n(C2CCC(C(C)C)CC2)c(=O)n1C. The average molecular weight is 280 g/mol. The lowest BCUT2D eigenvalue weighted by atomic mass is 9.79. The zero-order chi connectivity index (χ0) is 14.9. The standard InChI is InChI=1S/C14H24N4O2/c1-9(2)10-5-7-11(8-6-10)18-13(19)16-12(15-3)17(4)14(18)20/h9-11H,5-8H2,1-4H3,(H,15,16,19). The molecule has 2 rings (SSSR count). The first-order chi connectivity index (χ1) is 9.45. The van der Waals surface area contributed by atoms with E-state index in [2.05, 4.69) is 24.1 Å². The van der Waals surface area contributed by atoms with Gasteiger partial charge in [-0.25, -0.2) is 14.2 Å². The van der Waals surface area contributed by atoms with E-state index in [0.29, 0.717) is 17.8 Å². The van der Waals surface area contributed by atoms with Crippen molar-refractivity contribution in [3.8, 4) is 0 Å². The van der Waals surface area contributed by atoms with Crippen LogP contribution >= 0.6 is 0 Å². The second-order valence-electron chi connectivity index (χ2n) is 5.99. The van der Waals surface area contributed by atoms with Gasteiger partial charge < -0.3 is 5.32 Å². The molecular formula is C14H24N4O2. The Hall–Kier alpha value is -1.59. The predicted octanol–water partition coefficient (Wildman–Crippen LogP) is 1.37. The molecule has 1 aliphatic carbocycles. The highest BCUT2D eigenvalue weighted by molar-refractivity contribution is 5.21. The molecule has 0 radical (unpaired) electrons. The molecule has 0 unspecified atom stereocenters. The summed E-state index contributed by atoms with van der Waals surface area (Å²) in [6, 6.07) is -0.00499. The quantitative estimate of drug-likeness (QED) is 0.908. The van der Waals surface area contributed by atoms with Crippen LogP contribution in [-0.2, 0) is 7.05 Å². The monoisotopic (exact) mass is 280 g/mol. The maximum Gasteiger partial charge on any atom is 0.355 e. The van der Waals surface area contributed by atoms with Crippen LogP contribution in [0, 0.1) is 11.8 Å². The van der Waals surface area contributed by atoms with Crippen molar-refractivity contribution in [2.24, 2.45) is 18.9 Å². The van der Waals surface area contributed by atoms with Crippen molar-refractivity contribution in [3.05, 3.63) is 21.0 Å². The van der Waals surface area contributed by atoms with Crippen LogP contribution in [0.4, 0.5) is 5.95 Å². The van der Waals surface area contributed by atoms with Crippen molar-refractivity contribution in [2.75, 3.05) is 12.4 Å². The fraction of sp³-hybridized carbons (Fsp3) is 0.786. The molecule has 1 aromatic rings. The first-order valence-corrected chi connectivity index (χ1v) is 7.33. The van der Waals surface area contributed by atoms with Gasteiger partial charge in [0.05, 0.1) is 0 Å². The van der Waals surface area contributed by atoms with E-state index in [1.54, 1.807) is 14.1 Å². The number of aromatic nitrogens is 3. The maximum absolute atomic E-state index is 12.3. The van der Waals surface area contributed by atoms with Crippen molar-refractivity contribution in [1.82, 2.24) is 14.1 Å². The lowest BCUT2D eigenvalue weighted by molar-refractivity contribution is 0.217. The van der Waals surface area contributed by atoms with E-state index in [4.69, 9.17) is 0 Å². The van der Waals surface area contributed by atoms with E-state index in [0.717, 1.165) is 25.7 Å². The smallest absolute Gasteiger partial charge is 0.355 e. The van der Waals surface area contributed by atoms with Crippen LogP contribution in [-0.4, -0.2) is 21.2 Å². The molecule has 0 aliphatic heterocycles. The van der Waals surface area contributed by atoms with Crippen LogP contribution in [0.15, 0.2) is 9.59 Å². The van der Waals surface area contributed by atoms with Gasteiger partial charge in [0.15, 0.2) is 0 Å². The first kappa shape index (κ1) is 14.8. The highest BCUT2D eigenvalue weighted by Gasteiger charge is 2.27. The molecule has 0 atom stereocenters. The zero-order valence-electron chi connectivity index (χ0n) is 12.7. The highest BCUT2D eigenvalue weighted by atomic mass is 16.2. The van der Waals surface area contributed by atoms with Gasteiger partial charge in [-0.1, -0.05) is 13.8 Å². The summed E-state index contributed by atoms with van der Waals surface area (Å²) in [4.78, 5) is 28.4. The molecule has 0 saturated heterocycles. The Kier molecular flexibility index (Phi) is 4.30. The highest BCUT2D eigenvalue weighted by Crippen LogP contribution is 2.34. The van der Waals surface area contributed by atoms with Gasteiger partial charge in [0.2, 0.25) is 5.95 Å². The summed E-state index contributed by atoms with van der Waals surface area (Å²) in [5.74, 6) is 1.68. The molecule has 1 heterocycles. The number of hydrogen-bond acceptors (Lipinski definition) is 4. The Bertz CT molecular complexity index is 580. The van der Waals surface area contributed by atoms with E-state index in [-0.39, 0.29) is 11.7 Å².